The maximum absolute atomic E-state index is 11.3. The van der Waals surface area contributed by atoms with E-state index < -0.39 is 0 Å². The Balaban J connectivity index is 1.98. The summed E-state index contributed by atoms with van der Waals surface area (Å²) in [5, 5.41) is 3.32. The minimum atomic E-state index is -0.315. The first-order valence-corrected chi connectivity index (χ1v) is 7.38. The van der Waals surface area contributed by atoms with E-state index in [0.29, 0.717) is 5.56 Å². The molecule has 0 aliphatic carbocycles. The number of thiophene rings is 1. The number of rotatable bonds is 4. The zero-order valence-corrected chi connectivity index (χ0v) is 13.1. The first-order valence-electron chi connectivity index (χ1n) is 5.77. The van der Waals surface area contributed by atoms with E-state index in [4.69, 9.17) is 0 Å². The van der Waals surface area contributed by atoms with Crippen LogP contribution in [-0.4, -0.2) is 13.1 Å². The lowest BCUT2D eigenvalue weighted by Gasteiger charge is -2.05. The molecule has 0 saturated carbocycles. The highest BCUT2D eigenvalue weighted by Gasteiger charge is 2.05. The summed E-state index contributed by atoms with van der Waals surface area (Å²) in [5.41, 5.74) is 1.54. The number of aryl methyl sites for hydroxylation is 1. The molecule has 0 aliphatic heterocycles. The molecule has 0 spiro atoms. The Kier molecular flexibility index (Phi) is 4.61. The second-order valence-corrected chi connectivity index (χ2v) is 6.23. The highest BCUT2D eigenvalue weighted by atomic mass is 79.9. The van der Waals surface area contributed by atoms with Gasteiger partial charge >= 0.3 is 5.97 Å². The molecule has 5 heteroatoms. The van der Waals surface area contributed by atoms with E-state index in [2.05, 4.69) is 39.0 Å². The summed E-state index contributed by atoms with van der Waals surface area (Å²) in [5.74, 6) is -0.315. The lowest BCUT2D eigenvalue weighted by atomic mass is 10.2. The number of methoxy groups -OCH3 is 1. The minimum Gasteiger partial charge on any atom is -0.465 e. The number of hydrogen-bond donors (Lipinski definition) is 1. The topological polar surface area (TPSA) is 38.3 Å². The molecule has 3 nitrogen and oxygen atoms in total. The summed E-state index contributed by atoms with van der Waals surface area (Å²) in [7, 11) is 1.38. The van der Waals surface area contributed by atoms with Crippen molar-refractivity contribution in [3.8, 4) is 0 Å². The van der Waals surface area contributed by atoms with Gasteiger partial charge in [0, 0.05) is 26.5 Å². The van der Waals surface area contributed by atoms with Gasteiger partial charge in [0.1, 0.15) is 0 Å². The largest absolute Gasteiger partial charge is 0.465 e. The molecule has 0 aliphatic rings. The van der Waals surface area contributed by atoms with Gasteiger partial charge in [-0.1, -0.05) is 0 Å². The van der Waals surface area contributed by atoms with Crippen LogP contribution >= 0.6 is 27.3 Å². The molecule has 1 aromatic heterocycles. The standard InChI is InChI=1S/C14H14BrNO2S/c1-9-13(15)7-12(19-9)8-16-11-5-3-10(4-6-11)14(17)18-2/h3-7,16H,8H2,1-2H3. The highest BCUT2D eigenvalue weighted by molar-refractivity contribution is 9.10. The monoisotopic (exact) mass is 339 g/mol. The van der Waals surface area contributed by atoms with Gasteiger partial charge in [-0.15, -0.1) is 11.3 Å². The minimum absolute atomic E-state index is 0.315. The summed E-state index contributed by atoms with van der Waals surface area (Å²) in [6, 6.07) is 9.38. The van der Waals surface area contributed by atoms with Gasteiger partial charge in [-0.05, 0) is 53.2 Å². The van der Waals surface area contributed by atoms with Crippen LogP contribution in [0.15, 0.2) is 34.8 Å². The first kappa shape index (κ1) is 14.1. The van der Waals surface area contributed by atoms with Crippen LogP contribution in [-0.2, 0) is 11.3 Å². The molecule has 0 bridgehead atoms. The van der Waals surface area contributed by atoms with E-state index in [1.807, 2.05) is 12.1 Å². The second kappa shape index (κ2) is 6.21. The van der Waals surface area contributed by atoms with Crippen LogP contribution < -0.4 is 5.32 Å². The molecular weight excluding hydrogens is 326 g/mol. The van der Waals surface area contributed by atoms with Crippen LogP contribution in [0.1, 0.15) is 20.1 Å². The number of nitrogens with one attached hydrogen (secondary N) is 1. The number of hydrogen-bond acceptors (Lipinski definition) is 4. The molecule has 0 radical (unpaired) electrons. The third-order valence-corrected chi connectivity index (χ3v) is 4.82. The van der Waals surface area contributed by atoms with E-state index in [-0.39, 0.29) is 5.97 Å². The van der Waals surface area contributed by atoms with E-state index in [1.165, 1.54) is 16.9 Å². The molecule has 2 rings (SSSR count). The van der Waals surface area contributed by atoms with Gasteiger partial charge in [-0.3, -0.25) is 0 Å². The molecule has 1 aromatic carbocycles. The van der Waals surface area contributed by atoms with Crippen molar-refractivity contribution in [2.45, 2.75) is 13.5 Å². The van der Waals surface area contributed by atoms with Crippen molar-refractivity contribution in [3.63, 3.8) is 0 Å². The Hall–Kier alpha value is -1.33. The van der Waals surface area contributed by atoms with Gasteiger partial charge in [0.2, 0.25) is 0 Å². The van der Waals surface area contributed by atoms with Gasteiger partial charge in [-0.2, -0.15) is 0 Å². The molecule has 0 saturated heterocycles. The van der Waals surface area contributed by atoms with Crippen molar-refractivity contribution in [2.24, 2.45) is 0 Å². The van der Waals surface area contributed by atoms with Gasteiger partial charge in [-0.25, -0.2) is 4.79 Å². The van der Waals surface area contributed by atoms with Crippen molar-refractivity contribution in [1.29, 1.82) is 0 Å². The summed E-state index contributed by atoms with van der Waals surface area (Å²) < 4.78 is 5.81. The summed E-state index contributed by atoms with van der Waals surface area (Å²) >= 11 is 5.27. The van der Waals surface area contributed by atoms with Crippen molar-refractivity contribution < 1.29 is 9.53 Å². The second-order valence-electron chi connectivity index (χ2n) is 4.04. The zero-order chi connectivity index (χ0) is 13.8. The number of carbonyl (C=O) groups excluding carboxylic acids is 1. The van der Waals surface area contributed by atoms with Gasteiger partial charge in [0.25, 0.3) is 0 Å². The molecule has 0 fully saturated rings. The third-order valence-electron chi connectivity index (χ3n) is 2.68. The first-order chi connectivity index (χ1) is 9.10. The molecule has 0 amide bonds. The molecular formula is C14H14BrNO2S. The van der Waals surface area contributed by atoms with Crippen LogP contribution in [0.2, 0.25) is 0 Å². The van der Waals surface area contributed by atoms with E-state index in [1.54, 1.807) is 23.5 Å². The quantitative estimate of drug-likeness (QED) is 0.847. The molecule has 1 heterocycles. The van der Waals surface area contributed by atoms with Crippen molar-refractivity contribution >= 4 is 38.9 Å². The molecule has 19 heavy (non-hydrogen) atoms. The fraction of sp³-hybridized carbons (Fsp3) is 0.214. The molecule has 0 atom stereocenters. The van der Waals surface area contributed by atoms with Crippen LogP contribution in [0, 0.1) is 6.92 Å². The van der Waals surface area contributed by atoms with E-state index >= 15 is 0 Å². The Labute approximate surface area is 124 Å². The van der Waals surface area contributed by atoms with Crippen molar-refractivity contribution in [2.75, 3.05) is 12.4 Å². The molecule has 2 aromatic rings. The SMILES string of the molecule is COC(=O)c1ccc(NCc2cc(Br)c(C)s2)cc1. The fourth-order valence-electron chi connectivity index (χ4n) is 1.64. The van der Waals surface area contributed by atoms with Crippen LogP contribution in [0.5, 0.6) is 0 Å². The lowest BCUT2D eigenvalue weighted by molar-refractivity contribution is 0.0601. The average Bonchev–Trinajstić information content (AvgIpc) is 2.75. The van der Waals surface area contributed by atoms with Gasteiger partial charge < -0.3 is 10.1 Å². The Bertz CT molecular complexity index is 558. The Morgan fingerprint density at radius 2 is 2.05 bits per heavy atom. The zero-order valence-electron chi connectivity index (χ0n) is 10.7. The van der Waals surface area contributed by atoms with E-state index in [0.717, 1.165) is 16.7 Å². The Morgan fingerprint density at radius 1 is 1.37 bits per heavy atom. The molecule has 1 N–H and O–H groups in total. The van der Waals surface area contributed by atoms with Crippen molar-refractivity contribution in [3.05, 3.63) is 50.1 Å². The van der Waals surface area contributed by atoms with Gasteiger partial charge in [0.15, 0.2) is 0 Å². The number of esters is 1. The predicted octanol–water partition coefficient (Wildman–Crippen LogP) is 4.22. The smallest absolute Gasteiger partial charge is 0.337 e. The maximum Gasteiger partial charge on any atom is 0.337 e. The summed E-state index contributed by atoms with van der Waals surface area (Å²) in [6.45, 7) is 2.86. The van der Waals surface area contributed by atoms with Crippen LogP contribution in [0.25, 0.3) is 0 Å². The van der Waals surface area contributed by atoms with Crippen LogP contribution in [0.3, 0.4) is 0 Å². The normalized spacial score (nSPS) is 10.3. The van der Waals surface area contributed by atoms with Crippen molar-refractivity contribution in [1.82, 2.24) is 0 Å². The van der Waals surface area contributed by atoms with E-state index in [9.17, 15) is 4.79 Å². The number of anilines is 1. The number of halogens is 1. The number of ether oxygens (including phenoxy) is 1. The molecule has 100 valence electrons. The predicted molar refractivity (Wildman–Crippen MR) is 81.9 cm³/mol. The highest BCUT2D eigenvalue weighted by Crippen LogP contribution is 2.26. The maximum atomic E-state index is 11.3. The third kappa shape index (κ3) is 3.58. The number of benzene rings is 1. The summed E-state index contributed by atoms with van der Waals surface area (Å²) in [6.07, 6.45) is 0. The van der Waals surface area contributed by atoms with Gasteiger partial charge in [0.05, 0.1) is 12.7 Å². The number of carbonyl (C=O) groups is 1. The molecule has 0 unspecified atom stereocenters. The Morgan fingerprint density at radius 3 is 2.58 bits per heavy atom. The average molecular weight is 340 g/mol. The fourth-order valence-corrected chi connectivity index (χ4v) is 3.18. The van der Waals surface area contributed by atoms with Crippen LogP contribution in [0.4, 0.5) is 5.69 Å². The summed E-state index contributed by atoms with van der Waals surface area (Å²) in [4.78, 5) is 13.8. The lowest BCUT2D eigenvalue weighted by Crippen LogP contribution is -2.02.